The van der Waals surface area contributed by atoms with Gasteiger partial charge in [0, 0.05) is 41.3 Å². The van der Waals surface area contributed by atoms with Crippen molar-refractivity contribution in [2.24, 2.45) is 0 Å². The monoisotopic (exact) mass is 401 g/mol. The molecule has 1 N–H and O–H groups in total. The number of pyridine rings is 2. The first-order valence-electron chi connectivity index (χ1n) is 9.18. The van der Waals surface area contributed by atoms with E-state index >= 15 is 0 Å². The predicted molar refractivity (Wildman–Crippen MR) is 114 cm³/mol. The highest BCUT2D eigenvalue weighted by atomic mass is 16.5. The quantitative estimate of drug-likeness (QED) is 0.505. The van der Waals surface area contributed by atoms with E-state index in [0.29, 0.717) is 34.2 Å². The maximum atomic E-state index is 12.2. The summed E-state index contributed by atoms with van der Waals surface area (Å²) in [7, 11) is 3.17. The third-order valence-corrected chi connectivity index (χ3v) is 4.49. The lowest BCUT2D eigenvalue weighted by molar-refractivity contribution is 0.102. The number of nitrogens with one attached hydrogen (secondary N) is 1. The summed E-state index contributed by atoms with van der Waals surface area (Å²) in [6, 6.07) is 15.9. The Hall–Kier alpha value is -4.13. The van der Waals surface area contributed by atoms with E-state index in [4.69, 9.17) is 14.2 Å². The number of hydrogen-bond donors (Lipinski definition) is 1. The molecule has 0 aliphatic carbocycles. The second-order valence-corrected chi connectivity index (χ2v) is 6.35. The van der Waals surface area contributed by atoms with Crippen LogP contribution in [0.2, 0.25) is 0 Å². The fourth-order valence-corrected chi connectivity index (χ4v) is 2.98. The van der Waals surface area contributed by atoms with Crippen LogP contribution in [0.5, 0.6) is 23.0 Å². The van der Waals surface area contributed by atoms with E-state index in [9.17, 15) is 4.79 Å². The zero-order valence-corrected chi connectivity index (χ0v) is 16.5. The van der Waals surface area contributed by atoms with Gasteiger partial charge in [-0.25, -0.2) is 0 Å². The van der Waals surface area contributed by atoms with Gasteiger partial charge in [0.05, 0.1) is 19.7 Å². The summed E-state index contributed by atoms with van der Waals surface area (Å²) in [6.07, 6.45) is 4.83. The van der Waals surface area contributed by atoms with E-state index in [-0.39, 0.29) is 5.91 Å². The number of nitrogens with zero attached hydrogens (tertiary/aromatic N) is 2. The molecule has 1 amide bonds. The van der Waals surface area contributed by atoms with Gasteiger partial charge < -0.3 is 19.5 Å². The van der Waals surface area contributed by atoms with Crippen molar-refractivity contribution in [3.05, 3.63) is 78.8 Å². The number of hydrogen-bond acceptors (Lipinski definition) is 6. The predicted octanol–water partition coefficient (Wildman–Crippen LogP) is 4.69. The zero-order valence-electron chi connectivity index (χ0n) is 16.5. The van der Waals surface area contributed by atoms with Gasteiger partial charge in [0.2, 0.25) is 0 Å². The maximum absolute atomic E-state index is 12.2. The molecule has 2 aromatic heterocycles. The molecule has 0 saturated carbocycles. The third-order valence-electron chi connectivity index (χ3n) is 4.49. The number of aromatic nitrogens is 2. The summed E-state index contributed by atoms with van der Waals surface area (Å²) in [5.41, 5.74) is 1.93. The Morgan fingerprint density at radius 1 is 0.833 bits per heavy atom. The van der Waals surface area contributed by atoms with Crippen molar-refractivity contribution in [2.45, 2.75) is 0 Å². The molecule has 0 unspecified atom stereocenters. The van der Waals surface area contributed by atoms with Crippen molar-refractivity contribution < 1.29 is 19.0 Å². The van der Waals surface area contributed by atoms with Crippen molar-refractivity contribution in [1.29, 1.82) is 0 Å². The highest BCUT2D eigenvalue weighted by molar-refractivity contribution is 6.04. The van der Waals surface area contributed by atoms with Crippen molar-refractivity contribution in [3.63, 3.8) is 0 Å². The Morgan fingerprint density at radius 3 is 2.23 bits per heavy atom. The molecule has 4 aromatic rings. The summed E-state index contributed by atoms with van der Waals surface area (Å²) >= 11 is 0. The smallest absolute Gasteiger partial charge is 0.255 e. The topological polar surface area (TPSA) is 82.6 Å². The number of ether oxygens (including phenoxy) is 3. The highest BCUT2D eigenvalue weighted by Crippen LogP contribution is 2.36. The Morgan fingerprint density at radius 2 is 1.53 bits per heavy atom. The summed E-state index contributed by atoms with van der Waals surface area (Å²) in [6.45, 7) is 0. The van der Waals surface area contributed by atoms with Crippen molar-refractivity contribution in [3.8, 4) is 23.0 Å². The highest BCUT2D eigenvalue weighted by Gasteiger charge is 2.11. The van der Waals surface area contributed by atoms with Gasteiger partial charge in [-0.2, -0.15) is 0 Å². The average Bonchev–Trinajstić information content (AvgIpc) is 2.80. The van der Waals surface area contributed by atoms with E-state index < -0.39 is 0 Å². The minimum absolute atomic E-state index is 0.202. The molecule has 4 rings (SSSR count). The van der Waals surface area contributed by atoms with Crippen molar-refractivity contribution >= 4 is 22.5 Å². The molecular weight excluding hydrogens is 382 g/mol. The standard InChI is InChI=1S/C23H19N3O4/c1-28-21-13-18-19(14-22(21)29-2)25-12-9-20(18)30-17-5-3-16(4-6-17)26-23(27)15-7-10-24-11-8-15/h3-14H,1-2H3,(H,26,27). The Bertz CT molecular complexity index is 1180. The third kappa shape index (κ3) is 4.00. The van der Waals surface area contributed by atoms with Gasteiger partial charge in [0.25, 0.3) is 5.91 Å². The van der Waals surface area contributed by atoms with Crippen LogP contribution in [-0.4, -0.2) is 30.1 Å². The van der Waals surface area contributed by atoms with Gasteiger partial charge in [-0.15, -0.1) is 0 Å². The lowest BCUT2D eigenvalue weighted by atomic mass is 10.2. The second-order valence-electron chi connectivity index (χ2n) is 6.35. The van der Waals surface area contributed by atoms with Crippen LogP contribution in [0.4, 0.5) is 5.69 Å². The van der Waals surface area contributed by atoms with Gasteiger partial charge in [-0.3, -0.25) is 14.8 Å². The molecule has 2 aromatic carbocycles. The van der Waals surface area contributed by atoms with Crippen LogP contribution in [0.3, 0.4) is 0 Å². The Balaban J connectivity index is 1.55. The molecule has 150 valence electrons. The Kier molecular flexibility index (Phi) is 5.43. The first kappa shape index (κ1) is 19.2. The van der Waals surface area contributed by atoms with E-state index in [1.165, 1.54) is 0 Å². The first-order chi connectivity index (χ1) is 14.7. The number of fused-ring (bicyclic) bond motifs is 1. The van der Waals surface area contributed by atoms with Crippen LogP contribution in [0, 0.1) is 0 Å². The lowest BCUT2D eigenvalue weighted by Gasteiger charge is -2.12. The lowest BCUT2D eigenvalue weighted by Crippen LogP contribution is -2.11. The fraction of sp³-hybridized carbons (Fsp3) is 0.0870. The SMILES string of the molecule is COc1cc2nccc(Oc3ccc(NC(=O)c4ccncc4)cc3)c2cc1OC. The van der Waals surface area contributed by atoms with E-state index in [2.05, 4.69) is 15.3 Å². The molecule has 7 nitrogen and oxygen atoms in total. The average molecular weight is 401 g/mol. The molecule has 2 heterocycles. The fourth-order valence-electron chi connectivity index (χ4n) is 2.98. The van der Waals surface area contributed by atoms with Gasteiger partial charge in [0.1, 0.15) is 11.5 Å². The summed E-state index contributed by atoms with van der Waals surface area (Å²) < 4.78 is 16.8. The molecule has 0 bridgehead atoms. The normalized spacial score (nSPS) is 10.5. The van der Waals surface area contributed by atoms with Crippen molar-refractivity contribution in [1.82, 2.24) is 9.97 Å². The molecule has 0 radical (unpaired) electrons. The molecule has 0 aliphatic heterocycles. The number of amides is 1. The van der Waals surface area contributed by atoms with Crippen LogP contribution >= 0.6 is 0 Å². The Labute approximate surface area is 173 Å². The van der Waals surface area contributed by atoms with Gasteiger partial charge in [-0.1, -0.05) is 0 Å². The molecule has 0 spiro atoms. The molecule has 0 aliphatic rings. The van der Waals surface area contributed by atoms with Crippen LogP contribution in [-0.2, 0) is 0 Å². The van der Waals surface area contributed by atoms with Crippen molar-refractivity contribution in [2.75, 3.05) is 19.5 Å². The van der Waals surface area contributed by atoms with Crippen LogP contribution in [0.1, 0.15) is 10.4 Å². The number of benzene rings is 2. The van der Waals surface area contributed by atoms with Gasteiger partial charge >= 0.3 is 0 Å². The largest absolute Gasteiger partial charge is 0.493 e. The van der Waals surface area contributed by atoms with Crippen LogP contribution in [0.15, 0.2) is 73.2 Å². The number of carbonyl (C=O) groups is 1. The maximum Gasteiger partial charge on any atom is 0.255 e. The number of anilines is 1. The molecule has 0 atom stereocenters. The molecular formula is C23H19N3O4. The number of carbonyl (C=O) groups excluding carboxylic acids is 1. The molecule has 0 saturated heterocycles. The summed E-state index contributed by atoms with van der Waals surface area (Å²) in [5.74, 6) is 2.25. The summed E-state index contributed by atoms with van der Waals surface area (Å²) in [5, 5.41) is 3.64. The van der Waals surface area contributed by atoms with E-state index in [1.54, 1.807) is 81.3 Å². The number of rotatable bonds is 6. The van der Waals surface area contributed by atoms with Gasteiger partial charge in [0.15, 0.2) is 11.5 Å². The minimum atomic E-state index is -0.202. The van der Waals surface area contributed by atoms with E-state index in [0.717, 1.165) is 10.9 Å². The zero-order chi connectivity index (χ0) is 20.9. The first-order valence-corrected chi connectivity index (χ1v) is 9.18. The van der Waals surface area contributed by atoms with Crippen LogP contribution in [0.25, 0.3) is 10.9 Å². The van der Waals surface area contributed by atoms with E-state index in [1.807, 2.05) is 6.07 Å². The molecule has 0 fully saturated rings. The summed E-state index contributed by atoms with van der Waals surface area (Å²) in [4.78, 5) is 20.5. The van der Waals surface area contributed by atoms with Crippen LogP contribution < -0.4 is 19.5 Å². The number of methoxy groups -OCH3 is 2. The minimum Gasteiger partial charge on any atom is -0.493 e. The van der Waals surface area contributed by atoms with Gasteiger partial charge in [-0.05, 0) is 48.5 Å². The molecule has 30 heavy (non-hydrogen) atoms. The molecule has 7 heteroatoms. The second kappa shape index (κ2) is 8.48.